The van der Waals surface area contributed by atoms with E-state index in [1.165, 1.54) is 12.1 Å². The SMILES string of the molecule is [O-]c1ccccccccc1. The van der Waals surface area contributed by atoms with Crippen LogP contribution in [0.15, 0.2) is 54.6 Å². The highest BCUT2D eigenvalue weighted by molar-refractivity contribution is 5.14. The van der Waals surface area contributed by atoms with Gasteiger partial charge in [-0.05, 0) is 0 Å². The Bertz CT molecular complexity index is 242. The van der Waals surface area contributed by atoms with E-state index in [4.69, 9.17) is 0 Å². The van der Waals surface area contributed by atoms with Crippen molar-refractivity contribution in [3.8, 4) is 5.75 Å². The molecular weight excluding hydrogens is 136 g/mol. The Balaban J connectivity index is 3.11. The van der Waals surface area contributed by atoms with E-state index in [0.717, 1.165) is 0 Å². The summed E-state index contributed by atoms with van der Waals surface area (Å²) in [5.74, 6) is 0.0150. The molecule has 0 N–H and O–H groups in total. The Morgan fingerprint density at radius 1 is 0.636 bits per heavy atom. The summed E-state index contributed by atoms with van der Waals surface area (Å²) in [6, 6.07) is 15.8. The fourth-order valence-electron chi connectivity index (χ4n) is 0.677. The van der Waals surface area contributed by atoms with Crippen molar-refractivity contribution < 1.29 is 5.11 Å². The van der Waals surface area contributed by atoms with Crippen LogP contribution in [0.2, 0.25) is 0 Å². The van der Waals surface area contributed by atoms with Gasteiger partial charge >= 0.3 is 0 Å². The molecule has 0 aliphatic carbocycles. The first kappa shape index (κ1) is 7.61. The molecule has 56 valence electrons. The molecule has 1 aromatic carbocycles. The van der Waals surface area contributed by atoms with Crippen molar-refractivity contribution in [2.45, 2.75) is 0 Å². The second-order valence-electron chi connectivity index (χ2n) is 2.08. The summed E-state index contributed by atoms with van der Waals surface area (Å²) >= 11 is 0. The topological polar surface area (TPSA) is 23.1 Å². The van der Waals surface area contributed by atoms with Crippen molar-refractivity contribution in [2.24, 2.45) is 0 Å². The van der Waals surface area contributed by atoms with Crippen LogP contribution in [0.5, 0.6) is 5.75 Å². The molecule has 0 saturated carbocycles. The minimum absolute atomic E-state index is 0.0150. The van der Waals surface area contributed by atoms with E-state index < -0.39 is 0 Å². The Morgan fingerprint density at radius 2 is 1.00 bits per heavy atom. The molecule has 0 fully saturated rings. The Labute approximate surface area is 66.3 Å². The van der Waals surface area contributed by atoms with Crippen molar-refractivity contribution in [3.05, 3.63) is 54.6 Å². The normalized spacial score (nSPS) is 8.36. The second kappa shape index (κ2) is 4.34. The van der Waals surface area contributed by atoms with Crippen LogP contribution in [-0.4, -0.2) is 0 Å². The fraction of sp³-hybridized carbons (Fsp3) is 0. The number of hydrogen-bond donors (Lipinski definition) is 0. The van der Waals surface area contributed by atoms with Gasteiger partial charge in [0.2, 0.25) is 0 Å². The van der Waals surface area contributed by atoms with Crippen LogP contribution < -0.4 is 5.11 Å². The summed E-state index contributed by atoms with van der Waals surface area (Å²) in [6.45, 7) is 0. The van der Waals surface area contributed by atoms with Gasteiger partial charge in [0.15, 0.2) is 0 Å². The third-order valence-corrected chi connectivity index (χ3v) is 1.19. The molecule has 0 heterocycles. The molecular formula is C10H9O-. The van der Waals surface area contributed by atoms with Crippen LogP contribution in [0.25, 0.3) is 0 Å². The predicted molar refractivity (Wildman–Crippen MR) is 43.5 cm³/mol. The van der Waals surface area contributed by atoms with Crippen LogP contribution in [0.3, 0.4) is 0 Å². The molecule has 0 aromatic heterocycles. The van der Waals surface area contributed by atoms with Crippen molar-refractivity contribution >= 4 is 0 Å². The first-order chi connectivity index (χ1) is 5.39. The van der Waals surface area contributed by atoms with Gasteiger partial charge in [0.25, 0.3) is 0 Å². The van der Waals surface area contributed by atoms with Gasteiger partial charge < -0.3 is 5.11 Å². The van der Waals surface area contributed by atoms with Gasteiger partial charge in [-0.3, -0.25) is 0 Å². The quantitative estimate of drug-likeness (QED) is 0.546. The highest BCUT2D eigenvalue weighted by Crippen LogP contribution is 1.95. The first-order valence-electron chi connectivity index (χ1n) is 3.45. The summed E-state index contributed by atoms with van der Waals surface area (Å²) in [6.07, 6.45) is 0. The summed E-state index contributed by atoms with van der Waals surface area (Å²) in [7, 11) is 0. The van der Waals surface area contributed by atoms with Crippen molar-refractivity contribution in [2.75, 3.05) is 0 Å². The Morgan fingerprint density at radius 3 is 1.45 bits per heavy atom. The van der Waals surface area contributed by atoms with Crippen LogP contribution >= 0.6 is 0 Å². The maximum absolute atomic E-state index is 10.8. The zero-order valence-electron chi connectivity index (χ0n) is 6.10. The number of rotatable bonds is 0. The van der Waals surface area contributed by atoms with E-state index in [2.05, 4.69) is 0 Å². The van der Waals surface area contributed by atoms with Crippen molar-refractivity contribution in [3.63, 3.8) is 0 Å². The first-order valence-corrected chi connectivity index (χ1v) is 3.45. The minimum Gasteiger partial charge on any atom is -0.872 e. The van der Waals surface area contributed by atoms with Crippen LogP contribution in [0.4, 0.5) is 0 Å². The predicted octanol–water partition coefficient (Wildman–Crippen LogP) is 1.88. The van der Waals surface area contributed by atoms with Crippen molar-refractivity contribution in [1.82, 2.24) is 0 Å². The van der Waals surface area contributed by atoms with Crippen LogP contribution in [-0.2, 0) is 0 Å². The maximum atomic E-state index is 10.8. The van der Waals surface area contributed by atoms with E-state index in [9.17, 15) is 5.11 Å². The molecule has 0 amide bonds. The fourth-order valence-corrected chi connectivity index (χ4v) is 0.677. The largest absolute Gasteiger partial charge is 0.872 e. The van der Waals surface area contributed by atoms with E-state index in [0.29, 0.717) is 0 Å². The maximum Gasteiger partial charge on any atom is -0.0623 e. The zero-order chi connectivity index (χ0) is 7.94. The molecule has 0 bridgehead atoms. The summed E-state index contributed by atoms with van der Waals surface area (Å²) in [5.41, 5.74) is 0. The lowest BCUT2D eigenvalue weighted by molar-refractivity contribution is -0.268. The van der Waals surface area contributed by atoms with Gasteiger partial charge in [0, 0.05) is 0 Å². The smallest absolute Gasteiger partial charge is 0.0623 e. The molecule has 1 heteroatoms. The highest BCUT2D eigenvalue weighted by atomic mass is 16.3. The van der Waals surface area contributed by atoms with Crippen LogP contribution in [0.1, 0.15) is 0 Å². The van der Waals surface area contributed by atoms with Gasteiger partial charge in [-0.1, -0.05) is 54.6 Å². The third kappa shape index (κ3) is 3.26. The molecule has 1 nitrogen and oxygen atoms in total. The molecule has 11 heavy (non-hydrogen) atoms. The molecule has 0 aliphatic rings. The summed E-state index contributed by atoms with van der Waals surface area (Å²) < 4.78 is 0. The molecule has 0 unspecified atom stereocenters. The van der Waals surface area contributed by atoms with Gasteiger partial charge in [0.05, 0.1) is 0 Å². The Hall–Kier alpha value is -1.50. The van der Waals surface area contributed by atoms with Gasteiger partial charge in [-0.25, -0.2) is 0 Å². The monoisotopic (exact) mass is 145 g/mol. The lowest BCUT2D eigenvalue weighted by Gasteiger charge is -1.96. The number of hydrogen-bond acceptors (Lipinski definition) is 1. The van der Waals surface area contributed by atoms with E-state index >= 15 is 0 Å². The molecule has 0 spiro atoms. The molecule has 1 aromatic rings. The molecule has 0 atom stereocenters. The van der Waals surface area contributed by atoms with Crippen LogP contribution in [0, 0.1) is 0 Å². The molecule has 0 radical (unpaired) electrons. The average molecular weight is 145 g/mol. The van der Waals surface area contributed by atoms with Gasteiger partial charge in [-0.2, -0.15) is 0 Å². The summed E-state index contributed by atoms with van der Waals surface area (Å²) in [5, 5.41) is 10.8. The van der Waals surface area contributed by atoms with Gasteiger partial charge in [0.1, 0.15) is 0 Å². The Kier molecular flexibility index (Phi) is 3.00. The molecule has 0 saturated heterocycles. The minimum atomic E-state index is 0.0150. The highest BCUT2D eigenvalue weighted by Gasteiger charge is 1.63. The second-order valence-corrected chi connectivity index (χ2v) is 2.08. The average Bonchev–Trinajstić information content (AvgIpc) is 2.03. The third-order valence-electron chi connectivity index (χ3n) is 1.19. The lowest BCUT2D eigenvalue weighted by atomic mass is 10.4. The van der Waals surface area contributed by atoms with E-state index in [1.807, 2.05) is 30.3 Å². The van der Waals surface area contributed by atoms with Crippen molar-refractivity contribution in [1.29, 1.82) is 0 Å². The molecule has 0 aliphatic heterocycles. The lowest BCUT2D eigenvalue weighted by Crippen LogP contribution is -1.84. The standard InChI is InChI=1S/C10H10O/c11-10-8-6-4-2-1-3-5-7-9-10/h1-9,11H/p-1. The van der Waals surface area contributed by atoms with E-state index in [-0.39, 0.29) is 5.75 Å². The molecule has 1 rings (SSSR count). The van der Waals surface area contributed by atoms with Gasteiger partial charge in [-0.15, -0.1) is 5.75 Å². The summed E-state index contributed by atoms with van der Waals surface area (Å²) in [4.78, 5) is 0. The van der Waals surface area contributed by atoms with E-state index in [1.54, 1.807) is 12.1 Å². The zero-order valence-corrected chi connectivity index (χ0v) is 6.10.